The standard InChI is InChI=1S/C11H20N4O2/c1-8-14-10(17-15-8)7-12-9(16)5-6-13-11(2,3)4/h13H,5-7H2,1-4H3,(H,12,16). The van der Waals surface area contributed by atoms with Crippen molar-refractivity contribution in [3.05, 3.63) is 11.7 Å². The van der Waals surface area contributed by atoms with Crippen LogP contribution in [-0.2, 0) is 11.3 Å². The largest absolute Gasteiger partial charge is 0.347 e. The zero-order valence-corrected chi connectivity index (χ0v) is 10.8. The number of carbonyl (C=O) groups is 1. The van der Waals surface area contributed by atoms with Gasteiger partial charge in [0, 0.05) is 18.5 Å². The molecule has 2 N–H and O–H groups in total. The molecule has 6 nitrogen and oxygen atoms in total. The smallest absolute Gasteiger partial charge is 0.246 e. The van der Waals surface area contributed by atoms with Crippen LogP contribution < -0.4 is 10.6 Å². The lowest BCUT2D eigenvalue weighted by Crippen LogP contribution is -2.38. The molecule has 0 fully saturated rings. The van der Waals surface area contributed by atoms with Crippen LogP contribution in [-0.4, -0.2) is 28.1 Å². The zero-order valence-electron chi connectivity index (χ0n) is 10.8. The highest BCUT2D eigenvalue weighted by atomic mass is 16.5. The molecule has 0 atom stereocenters. The SMILES string of the molecule is Cc1noc(CNC(=O)CCNC(C)(C)C)n1. The molecule has 1 heterocycles. The maximum atomic E-state index is 11.5. The molecule has 0 saturated carbocycles. The summed E-state index contributed by atoms with van der Waals surface area (Å²) < 4.78 is 4.88. The summed E-state index contributed by atoms with van der Waals surface area (Å²) in [5.41, 5.74) is 0.0316. The van der Waals surface area contributed by atoms with E-state index in [1.54, 1.807) is 6.92 Å². The Bertz CT molecular complexity index is 368. The highest BCUT2D eigenvalue weighted by Gasteiger charge is 2.10. The van der Waals surface area contributed by atoms with Crippen molar-refractivity contribution >= 4 is 5.91 Å². The van der Waals surface area contributed by atoms with Crippen molar-refractivity contribution in [2.45, 2.75) is 46.2 Å². The Hall–Kier alpha value is -1.43. The second-order valence-electron chi connectivity index (χ2n) is 4.94. The van der Waals surface area contributed by atoms with Crippen LogP contribution in [0.15, 0.2) is 4.52 Å². The minimum absolute atomic E-state index is 0.0300. The van der Waals surface area contributed by atoms with Crippen molar-refractivity contribution in [3.8, 4) is 0 Å². The second kappa shape index (κ2) is 5.77. The number of hydrogen-bond acceptors (Lipinski definition) is 5. The van der Waals surface area contributed by atoms with Gasteiger partial charge < -0.3 is 15.2 Å². The average Bonchev–Trinajstić information content (AvgIpc) is 2.59. The molecule has 0 aromatic carbocycles. The molecular formula is C11H20N4O2. The first kappa shape index (κ1) is 13.6. The van der Waals surface area contributed by atoms with Gasteiger partial charge in [-0.25, -0.2) is 0 Å². The van der Waals surface area contributed by atoms with Crippen molar-refractivity contribution in [1.82, 2.24) is 20.8 Å². The summed E-state index contributed by atoms with van der Waals surface area (Å²) in [7, 11) is 0. The van der Waals surface area contributed by atoms with Crippen molar-refractivity contribution in [1.29, 1.82) is 0 Å². The third-order valence-electron chi connectivity index (χ3n) is 2.01. The number of nitrogens with zero attached hydrogens (tertiary/aromatic N) is 2. The van der Waals surface area contributed by atoms with Crippen molar-refractivity contribution in [3.63, 3.8) is 0 Å². The fourth-order valence-electron chi connectivity index (χ4n) is 1.23. The highest BCUT2D eigenvalue weighted by Crippen LogP contribution is 1.98. The van der Waals surface area contributed by atoms with Crippen LogP contribution in [0.5, 0.6) is 0 Å². The predicted molar refractivity (Wildman–Crippen MR) is 63.3 cm³/mol. The first-order chi connectivity index (χ1) is 7.87. The Balaban J connectivity index is 2.18. The first-order valence-corrected chi connectivity index (χ1v) is 5.68. The molecule has 0 aliphatic heterocycles. The number of nitrogens with one attached hydrogen (secondary N) is 2. The summed E-state index contributed by atoms with van der Waals surface area (Å²) in [5.74, 6) is 0.973. The molecule has 0 radical (unpaired) electrons. The van der Waals surface area contributed by atoms with Gasteiger partial charge in [0.1, 0.15) is 0 Å². The van der Waals surface area contributed by atoms with Crippen molar-refractivity contribution in [2.75, 3.05) is 6.54 Å². The van der Waals surface area contributed by atoms with E-state index in [-0.39, 0.29) is 18.0 Å². The quantitative estimate of drug-likeness (QED) is 0.794. The lowest BCUT2D eigenvalue weighted by atomic mass is 10.1. The van der Waals surface area contributed by atoms with E-state index in [2.05, 4.69) is 41.5 Å². The molecule has 17 heavy (non-hydrogen) atoms. The van der Waals surface area contributed by atoms with Crippen LogP contribution in [0.4, 0.5) is 0 Å². The Morgan fingerprint density at radius 1 is 1.41 bits per heavy atom. The third-order valence-corrected chi connectivity index (χ3v) is 2.01. The lowest BCUT2D eigenvalue weighted by Gasteiger charge is -2.20. The topological polar surface area (TPSA) is 80.0 Å². The predicted octanol–water partition coefficient (Wildman–Crippen LogP) is 0.772. The highest BCUT2D eigenvalue weighted by molar-refractivity contribution is 5.75. The van der Waals surface area contributed by atoms with Crippen molar-refractivity contribution < 1.29 is 9.32 Å². The molecule has 1 amide bonds. The first-order valence-electron chi connectivity index (χ1n) is 5.68. The number of aromatic nitrogens is 2. The molecule has 0 unspecified atom stereocenters. The number of hydrogen-bond donors (Lipinski definition) is 2. The molecule has 96 valence electrons. The third kappa shape index (κ3) is 6.01. The Labute approximate surface area is 101 Å². The van der Waals surface area contributed by atoms with E-state index in [9.17, 15) is 4.79 Å². The molecule has 0 aliphatic carbocycles. The van der Waals surface area contributed by atoms with E-state index in [0.29, 0.717) is 24.7 Å². The van der Waals surface area contributed by atoms with Gasteiger partial charge in [-0.2, -0.15) is 4.98 Å². The number of aryl methyl sites for hydroxylation is 1. The number of rotatable bonds is 5. The normalized spacial score (nSPS) is 11.5. The van der Waals surface area contributed by atoms with Gasteiger partial charge in [-0.1, -0.05) is 5.16 Å². The van der Waals surface area contributed by atoms with E-state index >= 15 is 0 Å². The van der Waals surface area contributed by atoms with Crippen LogP contribution >= 0.6 is 0 Å². The number of amides is 1. The maximum absolute atomic E-state index is 11.5. The van der Waals surface area contributed by atoms with Gasteiger partial charge in [0.15, 0.2) is 5.82 Å². The van der Waals surface area contributed by atoms with E-state index < -0.39 is 0 Å². The van der Waals surface area contributed by atoms with Gasteiger partial charge in [0.2, 0.25) is 11.8 Å². The minimum atomic E-state index is -0.0300. The Kier molecular flexibility index (Phi) is 4.62. The number of carbonyl (C=O) groups excluding carboxylic acids is 1. The minimum Gasteiger partial charge on any atom is -0.347 e. The van der Waals surface area contributed by atoms with Gasteiger partial charge in [0.05, 0.1) is 6.54 Å². The fraction of sp³-hybridized carbons (Fsp3) is 0.727. The van der Waals surface area contributed by atoms with E-state index in [1.807, 2.05) is 0 Å². The molecule has 1 rings (SSSR count). The molecule has 1 aromatic rings. The molecule has 6 heteroatoms. The van der Waals surface area contributed by atoms with E-state index in [0.717, 1.165) is 0 Å². The molecular weight excluding hydrogens is 220 g/mol. The van der Waals surface area contributed by atoms with E-state index in [4.69, 9.17) is 4.52 Å². The Morgan fingerprint density at radius 2 is 2.12 bits per heavy atom. The lowest BCUT2D eigenvalue weighted by molar-refractivity contribution is -0.121. The molecule has 0 spiro atoms. The average molecular weight is 240 g/mol. The van der Waals surface area contributed by atoms with Crippen LogP contribution in [0.2, 0.25) is 0 Å². The van der Waals surface area contributed by atoms with Gasteiger partial charge >= 0.3 is 0 Å². The van der Waals surface area contributed by atoms with Gasteiger partial charge in [0.25, 0.3) is 0 Å². The Morgan fingerprint density at radius 3 is 2.65 bits per heavy atom. The van der Waals surface area contributed by atoms with Crippen molar-refractivity contribution in [2.24, 2.45) is 0 Å². The van der Waals surface area contributed by atoms with Gasteiger partial charge in [-0.05, 0) is 27.7 Å². The molecule has 0 bridgehead atoms. The second-order valence-corrected chi connectivity index (χ2v) is 4.94. The van der Waals surface area contributed by atoms with Crippen LogP contribution in [0.25, 0.3) is 0 Å². The molecule has 0 saturated heterocycles. The summed E-state index contributed by atoms with van der Waals surface area (Å²) in [6, 6.07) is 0. The maximum Gasteiger partial charge on any atom is 0.246 e. The summed E-state index contributed by atoms with van der Waals surface area (Å²) in [6.45, 7) is 8.86. The van der Waals surface area contributed by atoms with Crippen LogP contribution in [0.3, 0.4) is 0 Å². The van der Waals surface area contributed by atoms with Crippen LogP contribution in [0, 0.1) is 6.92 Å². The zero-order chi connectivity index (χ0) is 12.9. The summed E-state index contributed by atoms with van der Waals surface area (Å²) in [6.07, 6.45) is 0.435. The monoisotopic (exact) mass is 240 g/mol. The molecule has 1 aromatic heterocycles. The van der Waals surface area contributed by atoms with Gasteiger partial charge in [-0.3, -0.25) is 4.79 Å². The molecule has 0 aliphatic rings. The van der Waals surface area contributed by atoms with E-state index in [1.165, 1.54) is 0 Å². The summed E-state index contributed by atoms with van der Waals surface area (Å²) >= 11 is 0. The van der Waals surface area contributed by atoms with Gasteiger partial charge in [-0.15, -0.1) is 0 Å². The van der Waals surface area contributed by atoms with Crippen LogP contribution in [0.1, 0.15) is 38.9 Å². The fourth-order valence-corrected chi connectivity index (χ4v) is 1.23. The summed E-state index contributed by atoms with van der Waals surface area (Å²) in [5, 5.41) is 9.61. The summed E-state index contributed by atoms with van der Waals surface area (Å²) in [4.78, 5) is 15.5.